The molecule has 0 saturated heterocycles. The Labute approximate surface area is 116 Å². The van der Waals surface area contributed by atoms with E-state index in [0.717, 1.165) is 0 Å². The smallest absolute Gasteiger partial charge is 0.355 e. The third-order valence-electron chi connectivity index (χ3n) is 2.32. The van der Waals surface area contributed by atoms with Crippen LogP contribution in [0.2, 0.25) is 5.02 Å². The van der Waals surface area contributed by atoms with E-state index in [9.17, 15) is 9.59 Å². The summed E-state index contributed by atoms with van der Waals surface area (Å²) >= 11 is 9.15. The van der Waals surface area contributed by atoms with Gasteiger partial charge in [-0.25, -0.2) is 4.79 Å². The number of carbonyl (C=O) groups excluding carboxylic acids is 1. The van der Waals surface area contributed by atoms with Crippen molar-refractivity contribution in [3.63, 3.8) is 0 Å². The first kappa shape index (κ1) is 13.1. The summed E-state index contributed by atoms with van der Waals surface area (Å²) in [5.41, 5.74) is 0.369. The number of esters is 1. The molecule has 0 aliphatic rings. The maximum Gasteiger partial charge on any atom is 0.355 e. The zero-order chi connectivity index (χ0) is 13.3. The van der Waals surface area contributed by atoms with E-state index in [4.69, 9.17) is 20.8 Å². The number of hydrogen-bond donors (Lipinski definition) is 0. The van der Waals surface area contributed by atoms with Crippen molar-refractivity contribution in [2.24, 2.45) is 0 Å². The molecule has 0 saturated carbocycles. The number of alkyl halides is 1. The minimum absolute atomic E-state index is 0.0552. The van der Waals surface area contributed by atoms with Gasteiger partial charge in [0.2, 0.25) is 0 Å². The Kier molecular flexibility index (Phi) is 3.73. The molecule has 0 amide bonds. The molecular formula is C12H8BrClO4. The van der Waals surface area contributed by atoms with Crippen LogP contribution in [0.1, 0.15) is 12.5 Å². The number of benzene rings is 1. The summed E-state index contributed by atoms with van der Waals surface area (Å²) in [6.07, 6.45) is 0. The number of fused-ring (bicyclic) bond motifs is 1. The van der Waals surface area contributed by atoms with E-state index in [-0.39, 0.29) is 5.02 Å². The van der Waals surface area contributed by atoms with Crippen LogP contribution in [0.25, 0.3) is 11.0 Å². The number of hydrogen-bond acceptors (Lipinski definition) is 4. The molecule has 1 heterocycles. The van der Waals surface area contributed by atoms with Crippen LogP contribution in [0.4, 0.5) is 0 Å². The Morgan fingerprint density at radius 3 is 2.83 bits per heavy atom. The van der Waals surface area contributed by atoms with Gasteiger partial charge in [-0.05, 0) is 17.7 Å². The van der Waals surface area contributed by atoms with Crippen LogP contribution in [0.3, 0.4) is 0 Å². The summed E-state index contributed by atoms with van der Waals surface area (Å²) in [7, 11) is 0. The number of carbonyl (C=O) groups is 1. The van der Waals surface area contributed by atoms with Crippen molar-refractivity contribution in [2.75, 3.05) is 0 Å². The second-order valence-electron chi connectivity index (χ2n) is 3.57. The van der Waals surface area contributed by atoms with E-state index in [2.05, 4.69) is 15.9 Å². The molecule has 1 aromatic heterocycles. The molecule has 1 aromatic carbocycles. The largest absolute Gasteiger partial charge is 0.427 e. The van der Waals surface area contributed by atoms with Crippen LogP contribution >= 0.6 is 27.5 Å². The molecule has 18 heavy (non-hydrogen) atoms. The van der Waals surface area contributed by atoms with Crippen LogP contribution in [-0.4, -0.2) is 5.97 Å². The highest BCUT2D eigenvalue weighted by atomic mass is 79.9. The van der Waals surface area contributed by atoms with E-state index in [1.807, 2.05) is 0 Å². The Hall–Kier alpha value is -1.33. The molecule has 0 aliphatic heterocycles. The lowest BCUT2D eigenvalue weighted by Gasteiger charge is -2.06. The van der Waals surface area contributed by atoms with Gasteiger partial charge in [0.1, 0.15) is 16.4 Å². The Morgan fingerprint density at radius 1 is 1.50 bits per heavy atom. The monoisotopic (exact) mass is 330 g/mol. The minimum atomic E-state index is -0.612. The van der Waals surface area contributed by atoms with Gasteiger partial charge >= 0.3 is 11.6 Å². The molecule has 0 radical (unpaired) electrons. The lowest BCUT2D eigenvalue weighted by Crippen LogP contribution is -2.04. The van der Waals surface area contributed by atoms with Gasteiger partial charge in [-0.1, -0.05) is 27.5 Å². The van der Waals surface area contributed by atoms with Crippen molar-refractivity contribution in [1.29, 1.82) is 0 Å². The van der Waals surface area contributed by atoms with Gasteiger partial charge in [0, 0.05) is 23.7 Å². The van der Waals surface area contributed by atoms with Crippen molar-refractivity contribution >= 4 is 44.5 Å². The fraction of sp³-hybridized carbons (Fsp3) is 0.167. The van der Waals surface area contributed by atoms with Crippen molar-refractivity contribution < 1.29 is 13.9 Å². The summed E-state index contributed by atoms with van der Waals surface area (Å²) in [5, 5.41) is 1.19. The predicted molar refractivity (Wildman–Crippen MR) is 71.4 cm³/mol. The quantitative estimate of drug-likeness (QED) is 0.367. The molecule has 4 nitrogen and oxygen atoms in total. The molecule has 0 bridgehead atoms. The Bertz CT molecular complexity index is 678. The van der Waals surface area contributed by atoms with E-state index < -0.39 is 11.6 Å². The number of ether oxygens (including phenoxy) is 1. The van der Waals surface area contributed by atoms with Crippen LogP contribution in [-0.2, 0) is 10.1 Å². The molecule has 6 heteroatoms. The van der Waals surface area contributed by atoms with Crippen LogP contribution in [0, 0.1) is 0 Å². The predicted octanol–water partition coefficient (Wildman–Crippen LogP) is 3.27. The van der Waals surface area contributed by atoms with Gasteiger partial charge in [-0.2, -0.15) is 0 Å². The average Bonchev–Trinajstić information content (AvgIpc) is 2.30. The van der Waals surface area contributed by atoms with Crippen LogP contribution < -0.4 is 10.4 Å². The van der Waals surface area contributed by atoms with E-state index in [1.165, 1.54) is 13.0 Å². The summed E-state index contributed by atoms with van der Waals surface area (Å²) in [4.78, 5) is 22.4. The second kappa shape index (κ2) is 5.12. The molecule has 0 aliphatic carbocycles. The van der Waals surface area contributed by atoms with E-state index in [1.54, 1.807) is 12.1 Å². The molecule has 0 N–H and O–H groups in total. The van der Waals surface area contributed by atoms with Crippen LogP contribution in [0.5, 0.6) is 5.75 Å². The van der Waals surface area contributed by atoms with Crippen LogP contribution in [0.15, 0.2) is 27.4 Å². The fourth-order valence-corrected chi connectivity index (χ4v) is 2.53. The first-order chi connectivity index (χ1) is 8.52. The second-order valence-corrected chi connectivity index (χ2v) is 4.51. The third kappa shape index (κ3) is 2.42. The van der Waals surface area contributed by atoms with Gasteiger partial charge in [0.05, 0.1) is 0 Å². The van der Waals surface area contributed by atoms with E-state index in [0.29, 0.717) is 27.6 Å². The maximum atomic E-state index is 11.5. The van der Waals surface area contributed by atoms with Gasteiger partial charge in [0.15, 0.2) is 0 Å². The lowest BCUT2D eigenvalue weighted by molar-refractivity contribution is -0.131. The summed E-state index contributed by atoms with van der Waals surface area (Å²) < 4.78 is 9.98. The summed E-state index contributed by atoms with van der Waals surface area (Å²) in [5.74, 6) is -0.118. The van der Waals surface area contributed by atoms with Crippen molar-refractivity contribution in [2.45, 2.75) is 12.3 Å². The highest BCUT2D eigenvalue weighted by Crippen LogP contribution is 2.28. The number of halogens is 2. The summed E-state index contributed by atoms with van der Waals surface area (Å²) in [6.45, 7) is 1.30. The van der Waals surface area contributed by atoms with Gasteiger partial charge in [-0.15, -0.1) is 0 Å². The summed E-state index contributed by atoms with van der Waals surface area (Å²) in [6, 6.07) is 4.80. The molecule has 94 valence electrons. The topological polar surface area (TPSA) is 56.5 Å². The molecule has 0 fully saturated rings. The van der Waals surface area contributed by atoms with Gasteiger partial charge in [-0.3, -0.25) is 4.79 Å². The van der Waals surface area contributed by atoms with Gasteiger partial charge < -0.3 is 9.15 Å². The Morgan fingerprint density at radius 2 is 2.22 bits per heavy atom. The molecule has 2 aromatic rings. The highest BCUT2D eigenvalue weighted by Gasteiger charge is 2.12. The first-order valence-electron chi connectivity index (χ1n) is 5.02. The third-order valence-corrected chi connectivity index (χ3v) is 3.26. The zero-order valence-corrected chi connectivity index (χ0v) is 11.7. The maximum absolute atomic E-state index is 11.5. The fourth-order valence-electron chi connectivity index (χ4n) is 1.58. The zero-order valence-electron chi connectivity index (χ0n) is 9.33. The molecule has 0 unspecified atom stereocenters. The SMILES string of the molecule is CC(=O)Oc1ccc2c(CBr)c(Cl)c(=O)oc2c1. The molecule has 0 atom stereocenters. The standard InChI is InChI=1S/C12H8BrClO4/c1-6(15)17-7-2-3-8-9(5-13)11(14)12(16)18-10(8)4-7/h2-4H,5H2,1H3. The molecule has 0 spiro atoms. The van der Waals surface area contributed by atoms with Crippen molar-refractivity contribution in [1.82, 2.24) is 0 Å². The van der Waals surface area contributed by atoms with Crippen molar-refractivity contribution in [3.8, 4) is 5.75 Å². The lowest BCUT2D eigenvalue weighted by atomic mass is 10.1. The Balaban J connectivity index is 2.68. The number of rotatable bonds is 2. The van der Waals surface area contributed by atoms with Crippen molar-refractivity contribution in [3.05, 3.63) is 39.2 Å². The highest BCUT2D eigenvalue weighted by molar-refractivity contribution is 9.08. The molecular weight excluding hydrogens is 323 g/mol. The normalized spacial score (nSPS) is 10.6. The van der Waals surface area contributed by atoms with E-state index >= 15 is 0 Å². The average molecular weight is 332 g/mol. The molecule has 2 rings (SSSR count). The van der Waals surface area contributed by atoms with Gasteiger partial charge in [0.25, 0.3) is 0 Å². The first-order valence-corrected chi connectivity index (χ1v) is 6.52. The minimum Gasteiger partial charge on any atom is -0.427 e.